The van der Waals surface area contributed by atoms with Crippen molar-refractivity contribution in [3.63, 3.8) is 0 Å². The number of nitrogens with zero attached hydrogens (tertiary/aromatic N) is 5. The highest BCUT2D eigenvalue weighted by atomic mass is 16.5. The van der Waals surface area contributed by atoms with Crippen LogP contribution in [-0.4, -0.2) is 50.3 Å². The van der Waals surface area contributed by atoms with Gasteiger partial charge in [0.1, 0.15) is 11.8 Å². The number of piperidine rings is 1. The van der Waals surface area contributed by atoms with Crippen LogP contribution in [0.3, 0.4) is 0 Å². The first kappa shape index (κ1) is 20.5. The quantitative estimate of drug-likeness (QED) is 0.711. The van der Waals surface area contributed by atoms with Crippen LogP contribution in [-0.2, 0) is 5.54 Å². The number of hydrogen-bond acceptors (Lipinski definition) is 6. The molecule has 2 aromatic heterocycles. The Morgan fingerprint density at radius 1 is 1.20 bits per heavy atom. The van der Waals surface area contributed by atoms with Crippen molar-refractivity contribution in [2.24, 2.45) is 5.92 Å². The van der Waals surface area contributed by atoms with E-state index < -0.39 is 0 Å². The molecule has 4 rings (SSSR count). The predicted molar refractivity (Wildman–Crippen MR) is 116 cm³/mol. The zero-order chi connectivity index (χ0) is 21.5. The number of pyridine rings is 1. The van der Waals surface area contributed by atoms with Crippen molar-refractivity contribution in [3.05, 3.63) is 46.0 Å². The third kappa shape index (κ3) is 3.84. The SMILES string of the molecule is COc1ccc2[nH]c(=O)c([C@H](c3nnnn3C(C)(C)C)N3CCC(C)CC3)cc2c1. The summed E-state index contributed by atoms with van der Waals surface area (Å²) in [6.45, 7) is 10.3. The molecule has 0 saturated carbocycles. The minimum atomic E-state index is -0.314. The third-order valence-electron chi connectivity index (χ3n) is 5.93. The number of rotatable bonds is 4. The fraction of sp³-hybridized carbons (Fsp3) is 0.545. The molecule has 0 radical (unpaired) electrons. The van der Waals surface area contributed by atoms with Crippen LogP contribution in [0.5, 0.6) is 5.75 Å². The zero-order valence-electron chi connectivity index (χ0n) is 18.3. The summed E-state index contributed by atoms with van der Waals surface area (Å²) in [7, 11) is 1.64. The van der Waals surface area contributed by atoms with Gasteiger partial charge < -0.3 is 9.72 Å². The fourth-order valence-electron chi connectivity index (χ4n) is 4.16. The molecular formula is C22H30N6O2. The lowest BCUT2D eigenvalue weighted by molar-refractivity contribution is 0.144. The maximum atomic E-state index is 13.2. The van der Waals surface area contributed by atoms with E-state index >= 15 is 0 Å². The first-order chi connectivity index (χ1) is 14.3. The molecule has 0 unspecified atom stereocenters. The number of hydrogen-bond donors (Lipinski definition) is 1. The van der Waals surface area contributed by atoms with E-state index in [1.54, 1.807) is 7.11 Å². The van der Waals surface area contributed by atoms with Crippen molar-refractivity contribution in [2.75, 3.05) is 20.2 Å². The second-order valence-electron chi connectivity index (χ2n) is 9.25. The third-order valence-corrected chi connectivity index (χ3v) is 5.93. The summed E-state index contributed by atoms with van der Waals surface area (Å²) in [6.07, 6.45) is 2.18. The summed E-state index contributed by atoms with van der Waals surface area (Å²) in [5, 5.41) is 13.5. The van der Waals surface area contributed by atoms with Gasteiger partial charge in [0.2, 0.25) is 0 Å². The molecule has 1 atom stereocenters. The molecule has 1 aromatic carbocycles. The lowest BCUT2D eigenvalue weighted by Gasteiger charge is -2.36. The molecular weight excluding hydrogens is 380 g/mol. The van der Waals surface area contributed by atoms with Crippen molar-refractivity contribution < 1.29 is 4.74 Å². The van der Waals surface area contributed by atoms with Crippen LogP contribution in [0.15, 0.2) is 29.1 Å². The number of aromatic amines is 1. The maximum absolute atomic E-state index is 13.2. The zero-order valence-corrected chi connectivity index (χ0v) is 18.3. The molecule has 8 heteroatoms. The summed E-state index contributed by atoms with van der Waals surface area (Å²) in [5.41, 5.74) is 1.03. The average molecular weight is 411 g/mol. The summed E-state index contributed by atoms with van der Waals surface area (Å²) >= 11 is 0. The molecule has 0 aliphatic carbocycles. The second-order valence-corrected chi connectivity index (χ2v) is 9.25. The molecule has 1 fully saturated rings. The van der Waals surface area contributed by atoms with Gasteiger partial charge in [0.05, 0.1) is 12.6 Å². The highest BCUT2D eigenvalue weighted by Crippen LogP contribution is 2.32. The van der Waals surface area contributed by atoms with E-state index in [1.165, 1.54) is 0 Å². The van der Waals surface area contributed by atoms with E-state index in [9.17, 15) is 4.79 Å². The number of methoxy groups -OCH3 is 1. The molecule has 3 heterocycles. The van der Waals surface area contributed by atoms with E-state index in [1.807, 2.05) is 28.9 Å². The summed E-state index contributed by atoms with van der Waals surface area (Å²) in [4.78, 5) is 18.6. The van der Waals surface area contributed by atoms with Crippen LogP contribution in [0, 0.1) is 5.92 Å². The molecule has 1 saturated heterocycles. The van der Waals surface area contributed by atoms with Gasteiger partial charge in [-0.05, 0) is 87.3 Å². The Morgan fingerprint density at radius 2 is 1.93 bits per heavy atom. The van der Waals surface area contributed by atoms with Crippen molar-refractivity contribution in [1.82, 2.24) is 30.1 Å². The summed E-state index contributed by atoms with van der Waals surface area (Å²) in [5.74, 6) is 2.13. The van der Waals surface area contributed by atoms with Crippen LogP contribution >= 0.6 is 0 Å². The van der Waals surface area contributed by atoms with Gasteiger partial charge in [0.15, 0.2) is 5.82 Å². The first-order valence-corrected chi connectivity index (χ1v) is 10.5. The molecule has 1 N–H and O–H groups in total. The Morgan fingerprint density at radius 3 is 2.60 bits per heavy atom. The number of nitrogens with one attached hydrogen (secondary N) is 1. The number of H-pyrrole nitrogens is 1. The van der Waals surface area contributed by atoms with Gasteiger partial charge in [0, 0.05) is 16.5 Å². The van der Waals surface area contributed by atoms with Gasteiger partial charge in [-0.3, -0.25) is 9.69 Å². The molecule has 3 aromatic rings. The van der Waals surface area contributed by atoms with Gasteiger partial charge in [-0.15, -0.1) is 5.10 Å². The van der Waals surface area contributed by atoms with Gasteiger partial charge in [0.25, 0.3) is 5.56 Å². The number of ether oxygens (including phenoxy) is 1. The highest BCUT2D eigenvalue weighted by molar-refractivity contribution is 5.80. The largest absolute Gasteiger partial charge is 0.497 e. The van der Waals surface area contributed by atoms with Crippen LogP contribution in [0.25, 0.3) is 10.9 Å². The molecule has 8 nitrogen and oxygen atoms in total. The van der Waals surface area contributed by atoms with E-state index in [-0.39, 0.29) is 17.1 Å². The van der Waals surface area contributed by atoms with Gasteiger partial charge in [-0.1, -0.05) is 6.92 Å². The highest BCUT2D eigenvalue weighted by Gasteiger charge is 2.34. The van der Waals surface area contributed by atoms with E-state index in [4.69, 9.17) is 4.74 Å². The van der Waals surface area contributed by atoms with E-state index in [2.05, 4.69) is 53.1 Å². The van der Waals surface area contributed by atoms with Crippen LogP contribution in [0.2, 0.25) is 0 Å². The maximum Gasteiger partial charge on any atom is 0.253 e. The number of fused-ring (bicyclic) bond motifs is 1. The fourth-order valence-corrected chi connectivity index (χ4v) is 4.16. The Labute approximate surface area is 176 Å². The Balaban J connectivity index is 1.89. The normalized spacial score (nSPS) is 17.4. The minimum absolute atomic E-state index is 0.111. The number of aromatic nitrogens is 5. The molecule has 1 aliphatic heterocycles. The standard InChI is InChI=1S/C22H30N6O2/c1-14-8-10-27(11-9-14)19(20-24-25-26-28(20)22(2,3)4)17-13-15-12-16(30-5)6-7-18(15)23-21(17)29/h6-7,12-14,19H,8-11H2,1-5H3,(H,23,29)/t19-/m1/s1. The van der Waals surface area contributed by atoms with Gasteiger partial charge in [-0.25, -0.2) is 4.68 Å². The molecule has 1 aliphatic rings. The summed E-state index contributed by atoms with van der Waals surface area (Å²) in [6, 6.07) is 7.31. The number of tetrazole rings is 1. The van der Waals surface area contributed by atoms with Crippen LogP contribution < -0.4 is 10.3 Å². The lowest BCUT2D eigenvalue weighted by Crippen LogP contribution is -2.41. The molecule has 0 bridgehead atoms. The lowest BCUT2D eigenvalue weighted by atomic mass is 9.95. The first-order valence-electron chi connectivity index (χ1n) is 10.5. The van der Waals surface area contributed by atoms with Gasteiger partial charge in [-0.2, -0.15) is 0 Å². The monoisotopic (exact) mass is 410 g/mol. The van der Waals surface area contributed by atoms with Crippen LogP contribution in [0.4, 0.5) is 0 Å². The Kier molecular flexibility index (Phi) is 5.36. The molecule has 0 amide bonds. The molecule has 0 spiro atoms. The van der Waals surface area contributed by atoms with Crippen molar-refractivity contribution in [1.29, 1.82) is 0 Å². The predicted octanol–water partition coefficient (Wildman–Crippen LogP) is 3.10. The average Bonchev–Trinajstić information content (AvgIpc) is 3.19. The second kappa shape index (κ2) is 7.83. The Hall–Kier alpha value is -2.74. The van der Waals surface area contributed by atoms with E-state index in [0.29, 0.717) is 17.3 Å². The number of likely N-dealkylation sites (tertiary alicyclic amines) is 1. The molecule has 160 valence electrons. The van der Waals surface area contributed by atoms with Crippen LogP contribution in [0.1, 0.15) is 58.0 Å². The summed E-state index contributed by atoms with van der Waals surface area (Å²) < 4.78 is 7.22. The smallest absolute Gasteiger partial charge is 0.253 e. The number of benzene rings is 1. The van der Waals surface area contributed by atoms with Crippen molar-refractivity contribution >= 4 is 10.9 Å². The topological polar surface area (TPSA) is 88.9 Å². The van der Waals surface area contributed by atoms with Crippen molar-refractivity contribution in [2.45, 2.75) is 52.1 Å². The van der Waals surface area contributed by atoms with E-state index in [0.717, 1.165) is 42.6 Å². The Bertz CT molecular complexity index is 1090. The minimum Gasteiger partial charge on any atom is -0.497 e. The van der Waals surface area contributed by atoms with Crippen molar-refractivity contribution in [3.8, 4) is 5.75 Å². The molecule has 30 heavy (non-hydrogen) atoms. The van der Waals surface area contributed by atoms with Gasteiger partial charge >= 0.3 is 0 Å².